The number of hydrogen-bond acceptors (Lipinski definition) is 3. The van der Waals surface area contributed by atoms with Gasteiger partial charge in [-0.15, -0.1) is 0 Å². The van der Waals surface area contributed by atoms with Gasteiger partial charge in [0, 0.05) is 0 Å². The summed E-state index contributed by atoms with van der Waals surface area (Å²) < 4.78 is 7.34. The Labute approximate surface area is 182 Å². The van der Waals surface area contributed by atoms with Gasteiger partial charge in [-0.2, -0.15) is 0 Å². The third-order valence-electron chi connectivity index (χ3n) is 5.24. The van der Waals surface area contributed by atoms with E-state index in [0.717, 1.165) is 24.8 Å². The molecule has 4 heteroatoms. The van der Waals surface area contributed by atoms with E-state index >= 15 is 0 Å². The Morgan fingerprint density at radius 1 is 1.24 bits per heavy atom. The fraction of sp³-hybridized carbons (Fsp3) is 0.480. The molecule has 2 rings (SSSR count). The van der Waals surface area contributed by atoms with Crippen molar-refractivity contribution in [3.8, 4) is 0 Å². The molecular formula is C25H34O3Se. The van der Waals surface area contributed by atoms with Gasteiger partial charge in [0.15, 0.2) is 0 Å². The van der Waals surface area contributed by atoms with Crippen LogP contribution in [-0.2, 0) is 9.53 Å². The number of carbonyl (C=O) groups is 1. The predicted molar refractivity (Wildman–Crippen MR) is 121 cm³/mol. The SMILES string of the molecule is C/C(=C\[C@H](C)[C@@H](C)O)[C@@H]1OC(=O)C([Se]c2ccccc2)CCC/C=C/C=C\[C@@H]1C. The molecule has 0 spiro atoms. The summed E-state index contributed by atoms with van der Waals surface area (Å²) in [5.74, 6) is -0.0260. The molecule has 1 aliphatic rings. The molecule has 1 aromatic carbocycles. The van der Waals surface area contributed by atoms with Crippen LogP contribution in [-0.4, -0.2) is 38.2 Å². The zero-order valence-corrected chi connectivity index (χ0v) is 19.7. The summed E-state index contributed by atoms with van der Waals surface area (Å²) in [7, 11) is 0. The van der Waals surface area contributed by atoms with Crippen molar-refractivity contribution in [2.45, 2.75) is 64.0 Å². The molecule has 1 heterocycles. The minimum absolute atomic E-state index is 0.00972. The standard InChI is InChI=1S/C25H34O3Se/c1-18-13-9-6-5-7-12-16-23(29-22-14-10-8-11-15-22)25(27)28-24(18)20(3)17-19(2)21(4)26/h5-6,8-11,13-15,17-19,21,23-24,26H,7,12,16H2,1-4H3/b6-5+,13-9-,20-17+/t18-,19-,21+,23?,24+/m0/s1. The Morgan fingerprint density at radius 3 is 2.66 bits per heavy atom. The van der Waals surface area contributed by atoms with Gasteiger partial charge in [-0.1, -0.05) is 0 Å². The normalized spacial score (nSPS) is 28.4. The summed E-state index contributed by atoms with van der Waals surface area (Å²) in [5, 5.41) is 9.87. The van der Waals surface area contributed by atoms with E-state index in [9.17, 15) is 9.90 Å². The molecule has 29 heavy (non-hydrogen) atoms. The van der Waals surface area contributed by atoms with Crippen molar-refractivity contribution in [3.63, 3.8) is 0 Å². The molecule has 0 bridgehead atoms. The van der Waals surface area contributed by atoms with Gasteiger partial charge < -0.3 is 0 Å². The number of allylic oxidation sites excluding steroid dienone is 3. The van der Waals surface area contributed by atoms with Gasteiger partial charge in [-0.3, -0.25) is 0 Å². The van der Waals surface area contributed by atoms with E-state index in [1.54, 1.807) is 6.92 Å². The number of hydrogen-bond donors (Lipinski definition) is 1. The molecular weight excluding hydrogens is 427 g/mol. The summed E-state index contributed by atoms with van der Waals surface area (Å²) in [4.78, 5) is 13.1. The number of esters is 1. The van der Waals surface area contributed by atoms with E-state index < -0.39 is 6.10 Å². The predicted octanol–water partition coefficient (Wildman–Crippen LogP) is 4.61. The molecule has 0 fully saturated rings. The van der Waals surface area contributed by atoms with Gasteiger partial charge in [-0.05, 0) is 0 Å². The van der Waals surface area contributed by atoms with E-state index in [0.29, 0.717) is 0 Å². The Kier molecular flexibility index (Phi) is 9.93. The second-order valence-corrected chi connectivity index (χ2v) is 10.6. The molecule has 5 atom stereocenters. The molecule has 1 unspecified atom stereocenters. The molecule has 0 aliphatic carbocycles. The first-order valence-corrected chi connectivity index (χ1v) is 12.3. The van der Waals surface area contributed by atoms with Gasteiger partial charge >= 0.3 is 182 Å². The van der Waals surface area contributed by atoms with Gasteiger partial charge in [0.1, 0.15) is 0 Å². The first kappa shape index (κ1) is 23.7. The fourth-order valence-corrected chi connectivity index (χ4v) is 5.55. The van der Waals surface area contributed by atoms with Crippen LogP contribution in [0, 0.1) is 11.8 Å². The van der Waals surface area contributed by atoms with Crippen LogP contribution in [0.15, 0.2) is 66.3 Å². The molecule has 1 aliphatic heterocycles. The Hall–Kier alpha value is -1.61. The number of ether oxygens (including phenoxy) is 1. The molecule has 3 nitrogen and oxygen atoms in total. The Morgan fingerprint density at radius 2 is 1.97 bits per heavy atom. The van der Waals surface area contributed by atoms with Crippen molar-refractivity contribution < 1.29 is 14.6 Å². The zero-order valence-electron chi connectivity index (χ0n) is 18.0. The van der Waals surface area contributed by atoms with E-state index in [1.165, 1.54) is 4.46 Å². The Bertz CT molecular complexity index is 721. The molecule has 158 valence electrons. The summed E-state index contributed by atoms with van der Waals surface area (Å²) in [6.45, 7) is 7.85. The molecule has 1 aromatic rings. The van der Waals surface area contributed by atoms with Crippen LogP contribution in [0.25, 0.3) is 0 Å². The van der Waals surface area contributed by atoms with Crippen LogP contribution >= 0.6 is 0 Å². The quantitative estimate of drug-likeness (QED) is 0.396. The summed E-state index contributed by atoms with van der Waals surface area (Å²) in [5.41, 5.74) is 0.996. The average Bonchev–Trinajstić information content (AvgIpc) is 2.69. The molecule has 0 saturated heterocycles. The topological polar surface area (TPSA) is 46.5 Å². The first-order valence-electron chi connectivity index (χ1n) is 10.5. The molecule has 0 saturated carbocycles. The molecule has 0 amide bonds. The van der Waals surface area contributed by atoms with Crippen molar-refractivity contribution >= 4 is 25.4 Å². The summed E-state index contributed by atoms with van der Waals surface area (Å²) in [6.07, 6.45) is 12.5. The maximum absolute atomic E-state index is 13.2. The van der Waals surface area contributed by atoms with E-state index in [2.05, 4.69) is 37.3 Å². The number of aliphatic hydroxyl groups excluding tert-OH is 1. The maximum atomic E-state index is 13.2. The zero-order chi connectivity index (χ0) is 21.2. The fourth-order valence-electron chi connectivity index (χ4n) is 3.29. The van der Waals surface area contributed by atoms with Crippen LogP contribution in [0.1, 0.15) is 47.0 Å². The van der Waals surface area contributed by atoms with Crippen LogP contribution in [0.5, 0.6) is 0 Å². The van der Waals surface area contributed by atoms with Gasteiger partial charge in [-0.25, -0.2) is 0 Å². The third kappa shape index (κ3) is 7.97. The molecule has 1 N–H and O–H groups in total. The average molecular weight is 462 g/mol. The Balaban J connectivity index is 2.27. The summed E-state index contributed by atoms with van der Waals surface area (Å²) >= 11 is 0.0420. The van der Waals surface area contributed by atoms with E-state index in [-0.39, 0.29) is 43.7 Å². The van der Waals surface area contributed by atoms with Crippen LogP contribution in [0.2, 0.25) is 4.82 Å². The number of rotatable bonds is 5. The number of carbonyl (C=O) groups excluding carboxylic acids is 1. The van der Waals surface area contributed by atoms with E-state index in [1.807, 2.05) is 44.2 Å². The van der Waals surface area contributed by atoms with Gasteiger partial charge in [0.2, 0.25) is 0 Å². The van der Waals surface area contributed by atoms with Crippen molar-refractivity contribution in [1.29, 1.82) is 0 Å². The third-order valence-corrected chi connectivity index (χ3v) is 7.88. The van der Waals surface area contributed by atoms with Crippen LogP contribution < -0.4 is 4.46 Å². The molecule has 0 radical (unpaired) electrons. The monoisotopic (exact) mass is 462 g/mol. The van der Waals surface area contributed by atoms with Gasteiger partial charge in [0.25, 0.3) is 0 Å². The van der Waals surface area contributed by atoms with Crippen LogP contribution in [0.4, 0.5) is 0 Å². The van der Waals surface area contributed by atoms with Gasteiger partial charge in [0.05, 0.1) is 0 Å². The summed E-state index contributed by atoms with van der Waals surface area (Å²) in [6, 6.07) is 10.3. The number of cyclic esters (lactones) is 1. The van der Waals surface area contributed by atoms with Crippen molar-refractivity contribution in [2.75, 3.05) is 0 Å². The number of benzene rings is 1. The van der Waals surface area contributed by atoms with Crippen LogP contribution in [0.3, 0.4) is 0 Å². The second-order valence-electron chi connectivity index (χ2n) is 7.89. The molecule has 0 aromatic heterocycles. The van der Waals surface area contributed by atoms with E-state index in [4.69, 9.17) is 4.74 Å². The van der Waals surface area contributed by atoms with Crippen molar-refractivity contribution in [3.05, 3.63) is 66.3 Å². The number of aliphatic hydroxyl groups is 1. The second kappa shape index (κ2) is 12.2. The first-order chi connectivity index (χ1) is 13.9. The minimum atomic E-state index is -0.435. The van der Waals surface area contributed by atoms with Crippen molar-refractivity contribution in [1.82, 2.24) is 0 Å². The van der Waals surface area contributed by atoms with Crippen molar-refractivity contribution in [2.24, 2.45) is 11.8 Å².